The molecule has 0 atom stereocenters. The van der Waals surface area contributed by atoms with Crippen LogP contribution in [0.4, 0.5) is 5.82 Å². The summed E-state index contributed by atoms with van der Waals surface area (Å²) in [5.41, 5.74) is 2.81. The second-order valence-electron chi connectivity index (χ2n) is 7.91. The van der Waals surface area contributed by atoms with Crippen molar-refractivity contribution in [1.29, 1.82) is 0 Å². The Kier molecular flexibility index (Phi) is 6.19. The normalized spacial score (nSPS) is 11.1. The number of hydrogen-bond donors (Lipinski definition) is 1. The van der Waals surface area contributed by atoms with E-state index in [9.17, 15) is 4.79 Å². The molecule has 0 saturated carbocycles. The highest BCUT2D eigenvalue weighted by Gasteiger charge is 2.18. The second kappa shape index (κ2) is 9.59. The van der Waals surface area contributed by atoms with Gasteiger partial charge in [0.1, 0.15) is 5.82 Å². The summed E-state index contributed by atoms with van der Waals surface area (Å²) in [6, 6.07) is 13.3. The number of pyridine rings is 1. The third-order valence-electron chi connectivity index (χ3n) is 5.63. The van der Waals surface area contributed by atoms with Crippen LogP contribution >= 0.6 is 11.3 Å². The molecule has 178 valence electrons. The molecule has 0 aliphatic heterocycles. The van der Waals surface area contributed by atoms with Crippen LogP contribution in [-0.2, 0) is 13.1 Å². The number of aryl methyl sites for hydroxylation is 1. The van der Waals surface area contributed by atoms with Crippen LogP contribution in [0.25, 0.3) is 11.0 Å². The molecular weight excluding hydrogens is 464 g/mol. The monoisotopic (exact) mass is 488 g/mol. The van der Waals surface area contributed by atoms with Crippen LogP contribution in [0.3, 0.4) is 0 Å². The van der Waals surface area contributed by atoms with Crippen LogP contribution in [0.2, 0.25) is 0 Å². The van der Waals surface area contributed by atoms with E-state index in [0.29, 0.717) is 47.0 Å². The number of benzene rings is 1. The molecule has 0 spiro atoms. The molecule has 1 aromatic carbocycles. The highest BCUT2D eigenvalue weighted by Crippen LogP contribution is 2.31. The van der Waals surface area contributed by atoms with Crippen molar-refractivity contribution >= 4 is 34.1 Å². The first-order valence-corrected chi connectivity index (χ1v) is 11.8. The van der Waals surface area contributed by atoms with E-state index < -0.39 is 0 Å². The molecule has 5 rings (SSSR count). The van der Waals surface area contributed by atoms with Gasteiger partial charge in [0, 0.05) is 22.2 Å². The van der Waals surface area contributed by atoms with Gasteiger partial charge in [-0.25, -0.2) is 14.3 Å². The van der Waals surface area contributed by atoms with Crippen LogP contribution in [0.15, 0.2) is 60.2 Å². The number of ether oxygens (including phenoxy) is 2. The molecule has 35 heavy (non-hydrogen) atoms. The number of carbonyl (C=O) groups excluding carboxylic acids is 1. The van der Waals surface area contributed by atoms with Crippen molar-refractivity contribution in [2.75, 3.05) is 19.5 Å². The number of methoxy groups -OCH3 is 2. The number of amides is 1. The maximum atomic E-state index is 13.4. The number of rotatable bonds is 8. The molecule has 10 heteroatoms. The number of thiophene rings is 1. The Labute approximate surface area is 205 Å². The summed E-state index contributed by atoms with van der Waals surface area (Å²) in [7, 11) is 3.20. The maximum Gasteiger partial charge on any atom is 0.257 e. The minimum atomic E-state index is -0.254. The van der Waals surface area contributed by atoms with Crippen molar-refractivity contribution in [2.24, 2.45) is 0 Å². The fraction of sp³-hybridized carbons (Fsp3) is 0.200. The topological polar surface area (TPSA) is 96.1 Å². The van der Waals surface area contributed by atoms with Crippen molar-refractivity contribution in [3.05, 3.63) is 81.9 Å². The van der Waals surface area contributed by atoms with Gasteiger partial charge in [-0.3, -0.25) is 4.79 Å². The molecule has 1 N–H and O–H groups in total. The van der Waals surface area contributed by atoms with E-state index in [0.717, 1.165) is 11.3 Å². The standard InChI is InChI=1S/C25H24N6O3S/c1-16-12-19(20-13-27-31(24(20)28-16)15-18-7-5-11-35-18)25(32)29-22-9-10-26-30(22)14-17-6-4-8-21(33-2)23(17)34-3/h4-13H,14-15H2,1-3H3,(H,29,32). The summed E-state index contributed by atoms with van der Waals surface area (Å²) in [6.07, 6.45) is 3.34. The molecule has 0 saturated heterocycles. The zero-order valence-electron chi connectivity index (χ0n) is 19.6. The smallest absolute Gasteiger partial charge is 0.257 e. The van der Waals surface area contributed by atoms with Gasteiger partial charge in [0.2, 0.25) is 0 Å². The molecule has 4 heterocycles. The number of nitrogens with one attached hydrogen (secondary N) is 1. The number of nitrogens with zero attached hydrogens (tertiary/aromatic N) is 5. The van der Waals surface area contributed by atoms with E-state index in [4.69, 9.17) is 9.47 Å². The lowest BCUT2D eigenvalue weighted by atomic mass is 10.1. The van der Waals surface area contributed by atoms with Crippen LogP contribution in [-0.4, -0.2) is 44.7 Å². The lowest BCUT2D eigenvalue weighted by Gasteiger charge is -2.14. The van der Waals surface area contributed by atoms with Crippen LogP contribution in [0, 0.1) is 6.92 Å². The summed E-state index contributed by atoms with van der Waals surface area (Å²) in [6.45, 7) is 2.87. The summed E-state index contributed by atoms with van der Waals surface area (Å²) in [5.74, 6) is 1.58. The van der Waals surface area contributed by atoms with Crippen molar-refractivity contribution in [2.45, 2.75) is 20.0 Å². The Morgan fingerprint density at radius 1 is 1.06 bits per heavy atom. The Morgan fingerprint density at radius 2 is 1.94 bits per heavy atom. The predicted molar refractivity (Wildman–Crippen MR) is 135 cm³/mol. The first-order chi connectivity index (χ1) is 17.1. The van der Waals surface area contributed by atoms with Crippen molar-refractivity contribution < 1.29 is 14.3 Å². The average molecular weight is 489 g/mol. The number of carbonyl (C=O) groups is 1. The summed E-state index contributed by atoms with van der Waals surface area (Å²) in [5, 5.41) is 14.6. The van der Waals surface area contributed by atoms with Gasteiger partial charge in [0.25, 0.3) is 5.91 Å². The molecule has 4 aromatic heterocycles. The van der Waals surface area contributed by atoms with Gasteiger partial charge in [-0.15, -0.1) is 11.3 Å². The van der Waals surface area contributed by atoms with Gasteiger partial charge in [-0.2, -0.15) is 10.2 Å². The first-order valence-electron chi connectivity index (χ1n) is 11.0. The zero-order chi connectivity index (χ0) is 24.4. The van der Waals surface area contributed by atoms with Gasteiger partial charge < -0.3 is 14.8 Å². The molecule has 0 radical (unpaired) electrons. The number of fused-ring (bicyclic) bond motifs is 1. The molecule has 5 aromatic rings. The van der Waals surface area contributed by atoms with E-state index in [2.05, 4.69) is 26.6 Å². The Bertz CT molecular complexity index is 1490. The third-order valence-corrected chi connectivity index (χ3v) is 6.49. The lowest BCUT2D eigenvalue weighted by Crippen LogP contribution is -2.17. The van der Waals surface area contributed by atoms with Gasteiger partial charge in [-0.05, 0) is 30.5 Å². The highest BCUT2D eigenvalue weighted by atomic mass is 32.1. The number of para-hydroxylation sites is 1. The third kappa shape index (κ3) is 4.47. The Hall–Kier alpha value is -4.18. The van der Waals surface area contributed by atoms with Gasteiger partial charge in [-0.1, -0.05) is 18.2 Å². The molecule has 0 fully saturated rings. The minimum Gasteiger partial charge on any atom is -0.493 e. The van der Waals surface area contributed by atoms with Gasteiger partial charge >= 0.3 is 0 Å². The van der Waals surface area contributed by atoms with Gasteiger partial charge in [0.05, 0.1) is 50.7 Å². The van der Waals surface area contributed by atoms with E-state index in [1.54, 1.807) is 54.8 Å². The van der Waals surface area contributed by atoms with Crippen LogP contribution < -0.4 is 14.8 Å². The SMILES string of the molecule is COc1cccc(Cn2nccc2NC(=O)c2cc(C)nc3c2cnn3Cc2cccs2)c1OC. The Balaban J connectivity index is 1.42. The molecule has 9 nitrogen and oxygen atoms in total. The second-order valence-corrected chi connectivity index (χ2v) is 8.94. The summed E-state index contributed by atoms with van der Waals surface area (Å²) < 4.78 is 14.5. The number of aromatic nitrogens is 5. The first kappa shape index (κ1) is 22.6. The summed E-state index contributed by atoms with van der Waals surface area (Å²) >= 11 is 1.66. The molecule has 0 bridgehead atoms. The zero-order valence-corrected chi connectivity index (χ0v) is 20.4. The molecule has 1 amide bonds. The van der Waals surface area contributed by atoms with Crippen molar-refractivity contribution in [3.63, 3.8) is 0 Å². The lowest BCUT2D eigenvalue weighted by molar-refractivity contribution is 0.102. The van der Waals surface area contributed by atoms with E-state index in [1.165, 1.54) is 4.88 Å². The maximum absolute atomic E-state index is 13.4. The molecule has 0 aliphatic carbocycles. The van der Waals surface area contributed by atoms with E-state index >= 15 is 0 Å². The molecule has 0 aliphatic rings. The highest BCUT2D eigenvalue weighted by molar-refractivity contribution is 7.09. The fourth-order valence-corrected chi connectivity index (χ4v) is 4.70. The summed E-state index contributed by atoms with van der Waals surface area (Å²) in [4.78, 5) is 19.2. The predicted octanol–water partition coefficient (Wildman–Crippen LogP) is 4.36. The van der Waals surface area contributed by atoms with Gasteiger partial charge in [0.15, 0.2) is 17.1 Å². The quantitative estimate of drug-likeness (QED) is 0.349. The van der Waals surface area contributed by atoms with Crippen molar-refractivity contribution in [1.82, 2.24) is 24.5 Å². The van der Waals surface area contributed by atoms with E-state index in [-0.39, 0.29) is 5.91 Å². The fourth-order valence-electron chi connectivity index (χ4n) is 4.01. The largest absolute Gasteiger partial charge is 0.493 e. The molecule has 0 unspecified atom stereocenters. The van der Waals surface area contributed by atoms with Crippen LogP contribution in [0.5, 0.6) is 11.5 Å². The van der Waals surface area contributed by atoms with Crippen molar-refractivity contribution in [3.8, 4) is 11.5 Å². The molecular formula is C25H24N6O3S. The van der Waals surface area contributed by atoms with E-state index in [1.807, 2.05) is 41.3 Å². The average Bonchev–Trinajstić information content (AvgIpc) is 3.62. The minimum absolute atomic E-state index is 0.254. The number of hydrogen-bond acceptors (Lipinski definition) is 7. The number of anilines is 1. The Morgan fingerprint density at radius 3 is 2.71 bits per heavy atom. The van der Waals surface area contributed by atoms with Crippen LogP contribution in [0.1, 0.15) is 26.5 Å².